The molecule has 0 saturated heterocycles. The minimum atomic E-state index is 0.210. The molecular formula is C18H30N2O3. The molecule has 0 saturated carbocycles. The van der Waals surface area contributed by atoms with Crippen LogP contribution >= 0.6 is 0 Å². The summed E-state index contributed by atoms with van der Waals surface area (Å²) in [6.45, 7) is 4.97. The molecule has 1 heterocycles. The normalized spacial score (nSPS) is 17.9. The van der Waals surface area contributed by atoms with Crippen LogP contribution in [0.15, 0.2) is 6.07 Å². The molecule has 0 aliphatic carbocycles. The van der Waals surface area contributed by atoms with E-state index in [1.54, 1.807) is 14.2 Å². The number of benzene rings is 1. The van der Waals surface area contributed by atoms with Crippen molar-refractivity contribution in [1.82, 2.24) is 10.2 Å². The average molecular weight is 322 g/mol. The predicted octanol–water partition coefficient (Wildman–Crippen LogP) is 2.11. The lowest BCUT2D eigenvalue weighted by molar-refractivity contribution is 0.215. The first kappa shape index (κ1) is 18.0. The van der Waals surface area contributed by atoms with Crippen LogP contribution in [-0.4, -0.2) is 51.0 Å². The monoisotopic (exact) mass is 322 g/mol. The Morgan fingerprint density at radius 1 is 1.35 bits per heavy atom. The zero-order valence-corrected chi connectivity index (χ0v) is 14.8. The van der Waals surface area contributed by atoms with E-state index in [-0.39, 0.29) is 6.61 Å². The van der Waals surface area contributed by atoms with Gasteiger partial charge in [-0.3, -0.25) is 4.90 Å². The summed E-state index contributed by atoms with van der Waals surface area (Å²) in [7, 11) is 5.67. The fourth-order valence-corrected chi connectivity index (χ4v) is 3.54. The molecule has 5 nitrogen and oxygen atoms in total. The number of methoxy groups -OCH3 is 2. The van der Waals surface area contributed by atoms with Gasteiger partial charge in [0, 0.05) is 42.4 Å². The molecule has 1 aliphatic rings. The molecule has 2 rings (SSSR count). The van der Waals surface area contributed by atoms with Gasteiger partial charge in [0.1, 0.15) is 11.5 Å². The first-order valence-electron chi connectivity index (χ1n) is 8.46. The maximum Gasteiger partial charge on any atom is 0.127 e. The number of ether oxygens (including phenoxy) is 2. The second kappa shape index (κ2) is 8.52. The van der Waals surface area contributed by atoms with E-state index in [0.717, 1.165) is 56.0 Å². The van der Waals surface area contributed by atoms with Crippen LogP contribution in [0, 0.1) is 0 Å². The molecule has 2 N–H and O–H groups in total. The summed E-state index contributed by atoms with van der Waals surface area (Å²) >= 11 is 0. The highest BCUT2D eigenvalue weighted by Gasteiger charge is 2.30. The summed E-state index contributed by atoms with van der Waals surface area (Å²) in [6.07, 6.45) is 2.79. The lowest BCUT2D eigenvalue weighted by Crippen LogP contribution is -2.33. The van der Waals surface area contributed by atoms with Crippen molar-refractivity contribution < 1.29 is 14.6 Å². The Bertz CT molecular complexity index is 519. The SMILES string of the molecule is CCC1c2c(OC)cc(CNCCCO)c(OC)c2CCN1C. The third-order valence-electron chi connectivity index (χ3n) is 4.68. The van der Waals surface area contributed by atoms with Gasteiger partial charge in [-0.1, -0.05) is 6.92 Å². The van der Waals surface area contributed by atoms with E-state index in [1.807, 2.05) is 0 Å². The van der Waals surface area contributed by atoms with Crippen molar-refractivity contribution in [1.29, 1.82) is 0 Å². The van der Waals surface area contributed by atoms with E-state index in [2.05, 4.69) is 30.3 Å². The van der Waals surface area contributed by atoms with Crippen molar-refractivity contribution >= 4 is 0 Å². The van der Waals surface area contributed by atoms with Crippen molar-refractivity contribution in [2.24, 2.45) is 0 Å². The molecular weight excluding hydrogens is 292 g/mol. The van der Waals surface area contributed by atoms with Crippen LogP contribution in [0.25, 0.3) is 0 Å². The van der Waals surface area contributed by atoms with Crippen molar-refractivity contribution in [3.63, 3.8) is 0 Å². The first-order valence-corrected chi connectivity index (χ1v) is 8.46. The molecule has 23 heavy (non-hydrogen) atoms. The number of aliphatic hydroxyl groups is 1. The number of hydrogen-bond donors (Lipinski definition) is 2. The second-order valence-corrected chi connectivity index (χ2v) is 6.07. The molecule has 0 aromatic heterocycles. The highest BCUT2D eigenvalue weighted by Crippen LogP contribution is 2.43. The van der Waals surface area contributed by atoms with Crippen LogP contribution in [0.2, 0.25) is 0 Å². The van der Waals surface area contributed by atoms with Gasteiger partial charge >= 0.3 is 0 Å². The Hall–Kier alpha value is -1.30. The average Bonchev–Trinajstić information content (AvgIpc) is 2.57. The van der Waals surface area contributed by atoms with E-state index in [1.165, 1.54) is 11.1 Å². The van der Waals surface area contributed by atoms with Gasteiger partial charge in [0.15, 0.2) is 0 Å². The molecule has 0 amide bonds. The molecule has 130 valence electrons. The summed E-state index contributed by atoms with van der Waals surface area (Å²) in [4.78, 5) is 2.39. The summed E-state index contributed by atoms with van der Waals surface area (Å²) in [6, 6.07) is 2.48. The van der Waals surface area contributed by atoms with Gasteiger partial charge in [-0.25, -0.2) is 0 Å². The molecule has 5 heteroatoms. The maximum atomic E-state index is 8.90. The van der Waals surface area contributed by atoms with E-state index >= 15 is 0 Å². The molecule has 1 aromatic rings. The Labute approximate surface area is 139 Å². The molecule has 1 atom stereocenters. The highest BCUT2D eigenvalue weighted by molar-refractivity contribution is 5.56. The van der Waals surface area contributed by atoms with Crippen molar-refractivity contribution in [3.8, 4) is 11.5 Å². The van der Waals surface area contributed by atoms with Crippen LogP contribution in [-0.2, 0) is 13.0 Å². The summed E-state index contributed by atoms with van der Waals surface area (Å²) < 4.78 is 11.5. The van der Waals surface area contributed by atoms with Crippen LogP contribution in [0.1, 0.15) is 42.5 Å². The van der Waals surface area contributed by atoms with Crippen molar-refractivity contribution in [3.05, 3.63) is 22.8 Å². The van der Waals surface area contributed by atoms with E-state index in [9.17, 15) is 0 Å². The van der Waals surface area contributed by atoms with Gasteiger partial charge < -0.3 is 19.9 Å². The third-order valence-corrected chi connectivity index (χ3v) is 4.68. The molecule has 0 bridgehead atoms. The molecule has 1 aliphatic heterocycles. The summed E-state index contributed by atoms with van der Waals surface area (Å²) in [5.74, 6) is 1.95. The smallest absolute Gasteiger partial charge is 0.127 e. The Kier molecular flexibility index (Phi) is 6.69. The Morgan fingerprint density at radius 2 is 2.13 bits per heavy atom. The fraction of sp³-hybridized carbons (Fsp3) is 0.667. The number of fused-ring (bicyclic) bond motifs is 1. The number of nitrogens with zero attached hydrogens (tertiary/aromatic N) is 1. The van der Waals surface area contributed by atoms with E-state index in [0.29, 0.717) is 6.04 Å². The molecule has 1 aromatic carbocycles. The van der Waals surface area contributed by atoms with Gasteiger partial charge in [0.25, 0.3) is 0 Å². The highest BCUT2D eigenvalue weighted by atomic mass is 16.5. The molecule has 1 unspecified atom stereocenters. The summed E-state index contributed by atoms with van der Waals surface area (Å²) in [5.41, 5.74) is 3.69. The molecule has 0 radical (unpaired) electrons. The number of hydrogen-bond acceptors (Lipinski definition) is 5. The van der Waals surface area contributed by atoms with Crippen LogP contribution in [0.4, 0.5) is 0 Å². The van der Waals surface area contributed by atoms with Crippen LogP contribution < -0.4 is 14.8 Å². The lowest BCUT2D eigenvalue weighted by atomic mass is 9.88. The van der Waals surface area contributed by atoms with Crippen LogP contribution in [0.3, 0.4) is 0 Å². The molecule has 0 fully saturated rings. The minimum absolute atomic E-state index is 0.210. The van der Waals surface area contributed by atoms with E-state index in [4.69, 9.17) is 14.6 Å². The zero-order chi connectivity index (χ0) is 16.8. The molecule has 0 spiro atoms. The minimum Gasteiger partial charge on any atom is -0.496 e. The Balaban J connectivity index is 2.39. The first-order chi connectivity index (χ1) is 11.2. The number of likely N-dealkylation sites (N-methyl/N-ethyl adjacent to an activating group) is 1. The van der Waals surface area contributed by atoms with Gasteiger partial charge in [-0.15, -0.1) is 0 Å². The predicted molar refractivity (Wildman–Crippen MR) is 92.3 cm³/mol. The summed E-state index contributed by atoms with van der Waals surface area (Å²) in [5, 5.41) is 12.3. The second-order valence-electron chi connectivity index (χ2n) is 6.07. The van der Waals surface area contributed by atoms with Crippen molar-refractivity contribution in [2.45, 2.75) is 38.8 Å². The van der Waals surface area contributed by atoms with Crippen molar-refractivity contribution in [2.75, 3.05) is 41.0 Å². The van der Waals surface area contributed by atoms with E-state index < -0.39 is 0 Å². The van der Waals surface area contributed by atoms with Gasteiger partial charge in [-0.05, 0) is 38.9 Å². The van der Waals surface area contributed by atoms with Crippen LogP contribution in [0.5, 0.6) is 11.5 Å². The number of aliphatic hydroxyl groups excluding tert-OH is 1. The van der Waals surface area contributed by atoms with Gasteiger partial charge in [0.05, 0.1) is 14.2 Å². The van der Waals surface area contributed by atoms with Gasteiger partial charge in [-0.2, -0.15) is 0 Å². The lowest BCUT2D eigenvalue weighted by Gasteiger charge is -2.36. The standard InChI is InChI=1S/C18H30N2O3/c1-5-15-17-14(7-9-20(15)2)18(23-4)13(11-16(17)22-3)12-19-8-6-10-21/h11,15,19,21H,5-10,12H2,1-4H3. The third kappa shape index (κ3) is 3.79. The maximum absolute atomic E-state index is 8.90. The number of nitrogens with one attached hydrogen (secondary N) is 1. The van der Waals surface area contributed by atoms with Gasteiger partial charge in [0.2, 0.25) is 0 Å². The number of rotatable bonds is 8. The fourth-order valence-electron chi connectivity index (χ4n) is 3.54. The largest absolute Gasteiger partial charge is 0.496 e. The zero-order valence-electron chi connectivity index (χ0n) is 14.8. The quantitative estimate of drug-likeness (QED) is 0.718. The topological polar surface area (TPSA) is 54.0 Å². The Morgan fingerprint density at radius 3 is 2.74 bits per heavy atom.